The van der Waals surface area contributed by atoms with Crippen LogP contribution in [0.15, 0.2) is 48.5 Å². The van der Waals surface area contributed by atoms with Gasteiger partial charge in [-0.25, -0.2) is 4.68 Å². The zero-order valence-electron chi connectivity index (χ0n) is 20.9. The number of ether oxygens (including phenoxy) is 1. The van der Waals surface area contributed by atoms with Crippen molar-refractivity contribution >= 4 is 29.1 Å². The Kier molecular flexibility index (Phi) is 6.18. The van der Waals surface area contributed by atoms with Gasteiger partial charge in [-0.2, -0.15) is 5.10 Å². The number of amides is 3. The molecule has 5 rings (SSSR count). The fourth-order valence-electron chi connectivity index (χ4n) is 4.75. The van der Waals surface area contributed by atoms with E-state index in [1.54, 1.807) is 24.3 Å². The minimum absolute atomic E-state index is 0.0328. The number of fused-ring (bicyclic) bond motifs is 1. The van der Waals surface area contributed by atoms with Crippen LogP contribution in [-0.2, 0) is 11.2 Å². The first kappa shape index (κ1) is 27.2. The first-order valence-electron chi connectivity index (χ1n) is 11.9. The van der Waals surface area contributed by atoms with Gasteiger partial charge in [0, 0.05) is 23.5 Å². The summed E-state index contributed by atoms with van der Waals surface area (Å²) in [6.07, 6.45) is 0.242. The van der Waals surface area contributed by atoms with E-state index in [4.69, 9.17) is 10.5 Å². The number of benzene rings is 2. The summed E-state index contributed by atoms with van der Waals surface area (Å²) in [7, 11) is 1.50. The standard InChI is InChI=1S/C25H25N5O10/c1-40-16-8-6-15(7-9-16)30-19-17(18(27-30)20(26)31)10-11-28(21(19)32)13-2-4-14(5-3-13)29-12-23(34,35)25(38,39)24(36,37)22(29)33/h2-9,34-39H,10-12H2,1H3,(H2,26,31). The number of aromatic nitrogens is 2. The third kappa shape index (κ3) is 3.91. The van der Waals surface area contributed by atoms with E-state index in [0.29, 0.717) is 27.6 Å². The van der Waals surface area contributed by atoms with E-state index in [2.05, 4.69) is 5.10 Å². The summed E-state index contributed by atoms with van der Waals surface area (Å²) in [6, 6.07) is 12.1. The molecule has 1 fully saturated rings. The van der Waals surface area contributed by atoms with E-state index in [1.165, 1.54) is 41.0 Å². The molecule has 15 heteroatoms. The van der Waals surface area contributed by atoms with Gasteiger partial charge in [0.1, 0.15) is 11.4 Å². The number of β-amino-alcohol motifs (C(OH)–C–C–N with tert-alkyl or cyclic N) is 2. The number of nitrogens with zero attached hydrogens (tertiary/aromatic N) is 4. The van der Waals surface area contributed by atoms with E-state index in [-0.39, 0.29) is 30.0 Å². The van der Waals surface area contributed by atoms with E-state index >= 15 is 0 Å². The summed E-state index contributed by atoms with van der Waals surface area (Å²) >= 11 is 0. The lowest BCUT2D eigenvalue weighted by Crippen LogP contribution is -2.80. The molecule has 0 bridgehead atoms. The molecule has 0 atom stereocenters. The van der Waals surface area contributed by atoms with Crippen LogP contribution in [0.5, 0.6) is 5.75 Å². The molecule has 15 nitrogen and oxygen atoms in total. The van der Waals surface area contributed by atoms with Gasteiger partial charge in [0.25, 0.3) is 23.5 Å². The molecule has 210 valence electrons. The number of hydrogen-bond acceptors (Lipinski definition) is 11. The minimum atomic E-state index is -3.97. The molecule has 2 aliphatic rings. The monoisotopic (exact) mass is 555 g/mol. The van der Waals surface area contributed by atoms with E-state index in [1.807, 2.05) is 0 Å². The first-order chi connectivity index (χ1) is 18.7. The molecule has 1 saturated heterocycles. The van der Waals surface area contributed by atoms with Crippen LogP contribution in [0.25, 0.3) is 5.69 Å². The van der Waals surface area contributed by atoms with Crippen LogP contribution >= 0.6 is 0 Å². The Bertz CT molecular complexity index is 1510. The maximum atomic E-state index is 13.7. The molecule has 3 amide bonds. The van der Waals surface area contributed by atoms with Gasteiger partial charge >= 0.3 is 5.79 Å². The maximum Gasteiger partial charge on any atom is 0.306 e. The average molecular weight is 556 g/mol. The molecule has 3 aromatic rings. The summed E-state index contributed by atoms with van der Waals surface area (Å²) in [4.78, 5) is 40.3. The zero-order valence-corrected chi connectivity index (χ0v) is 20.9. The highest BCUT2D eigenvalue weighted by atomic mass is 16.7. The Morgan fingerprint density at radius 2 is 1.45 bits per heavy atom. The summed E-state index contributed by atoms with van der Waals surface area (Å²) in [5.41, 5.74) is 6.78. The Morgan fingerprint density at radius 3 is 2.00 bits per heavy atom. The molecule has 3 heterocycles. The van der Waals surface area contributed by atoms with Crippen LogP contribution < -0.4 is 20.3 Å². The van der Waals surface area contributed by atoms with Crippen molar-refractivity contribution < 1.29 is 49.8 Å². The van der Waals surface area contributed by atoms with Crippen LogP contribution in [0.3, 0.4) is 0 Å². The van der Waals surface area contributed by atoms with Crippen LogP contribution in [0.4, 0.5) is 11.4 Å². The number of rotatable bonds is 5. The molecule has 0 spiro atoms. The van der Waals surface area contributed by atoms with Gasteiger partial charge in [-0.1, -0.05) is 0 Å². The normalized spacial score (nSPS) is 19.4. The molecule has 0 saturated carbocycles. The first-order valence-corrected chi connectivity index (χ1v) is 11.9. The number of hydrogen-bond donors (Lipinski definition) is 7. The second-order valence-electron chi connectivity index (χ2n) is 9.43. The topological polar surface area (TPSA) is 232 Å². The van der Waals surface area contributed by atoms with Crippen molar-refractivity contribution in [3.8, 4) is 11.4 Å². The number of piperidine rings is 1. The minimum Gasteiger partial charge on any atom is -0.497 e. The van der Waals surface area contributed by atoms with Gasteiger partial charge in [-0.05, 0) is 55.0 Å². The number of primary amides is 1. The van der Waals surface area contributed by atoms with Gasteiger partial charge in [0.05, 0.1) is 19.3 Å². The number of carbonyl (C=O) groups is 3. The van der Waals surface area contributed by atoms with Crippen LogP contribution in [0.2, 0.25) is 0 Å². The van der Waals surface area contributed by atoms with E-state index < -0.39 is 41.6 Å². The van der Waals surface area contributed by atoms with Crippen molar-refractivity contribution in [2.24, 2.45) is 5.73 Å². The maximum absolute atomic E-state index is 13.7. The van der Waals surface area contributed by atoms with Crippen LogP contribution in [0.1, 0.15) is 26.5 Å². The number of aliphatic hydroxyl groups is 6. The number of nitrogens with two attached hydrogens (primary N) is 1. The lowest BCUT2D eigenvalue weighted by Gasteiger charge is -2.49. The van der Waals surface area contributed by atoms with Gasteiger partial charge in [-0.3, -0.25) is 14.4 Å². The Balaban J connectivity index is 1.48. The molecule has 2 aromatic carbocycles. The lowest BCUT2D eigenvalue weighted by atomic mass is 9.89. The van der Waals surface area contributed by atoms with Gasteiger partial charge < -0.3 is 50.9 Å². The number of anilines is 2. The average Bonchev–Trinajstić information content (AvgIpc) is 3.32. The highest BCUT2D eigenvalue weighted by Crippen LogP contribution is 2.38. The van der Waals surface area contributed by atoms with Gasteiger partial charge in [-0.15, -0.1) is 0 Å². The Hall–Kier alpha value is -4.38. The Morgan fingerprint density at radius 1 is 0.900 bits per heavy atom. The Labute approximate surface area is 225 Å². The molecule has 40 heavy (non-hydrogen) atoms. The van der Waals surface area contributed by atoms with Crippen LogP contribution in [-0.4, -0.2) is 95.7 Å². The van der Waals surface area contributed by atoms with Crippen molar-refractivity contribution in [2.75, 3.05) is 30.0 Å². The third-order valence-electron chi connectivity index (χ3n) is 7.01. The van der Waals surface area contributed by atoms with Crippen molar-refractivity contribution in [3.63, 3.8) is 0 Å². The number of carbonyl (C=O) groups excluding carboxylic acids is 3. The number of methoxy groups -OCH3 is 1. The smallest absolute Gasteiger partial charge is 0.306 e. The van der Waals surface area contributed by atoms with Crippen molar-refractivity contribution in [2.45, 2.75) is 23.8 Å². The molecular weight excluding hydrogens is 530 g/mol. The predicted molar refractivity (Wildman–Crippen MR) is 134 cm³/mol. The van der Waals surface area contributed by atoms with Crippen molar-refractivity contribution in [1.29, 1.82) is 0 Å². The zero-order chi connectivity index (χ0) is 29.2. The highest BCUT2D eigenvalue weighted by Gasteiger charge is 2.70. The molecule has 0 aliphatic carbocycles. The molecule has 8 N–H and O–H groups in total. The summed E-state index contributed by atoms with van der Waals surface area (Å²) < 4.78 is 6.49. The van der Waals surface area contributed by atoms with E-state index in [9.17, 15) is 45.0 Å². The fourth-order valence-corrected chi connectivity index (χ4v) is 4.75. The quantitative estimate of drug-likeness (QED) is 0.164. The largest absolute Gasteiger partial charge is 0.497 e. The predicted octanol–water partition coefficient (Wildman–Crippen LogP) is -2.43. The molecule has 0 unspecified atom stereocenters. The third-order valence-corrected chi connectivity index (χ3v) is 7.01. The van der Waals surface area contributed by atoms with Crippen molar-refractivity contribution in [3.05, 3.63) is 65.5 Å². The SMILES string of the molecule is COc1ccc(-n2nc(C(N)=O)c3c2C(=O)N(c2ccc(N4CC(O)(O)C(O)(O)C(O)(O)C4=O)cc2)CC3)cc1. The molecule has 0 radical (unpaired) electrons. The van der Waals surface area contributed by atoms with Crippen molar-refractivity contribution in [1.82, 2.24) is 9.78 Å². The van der Waals surface area contributed by atoms with Crippen LogP contribution in [0, 0.1) is 0 Å². The molecule has 2 aliphatic heterocycles. The fraction of sp³-hybridized carbons (Fsp3) is 0.280. The highest BCUT2D eigenvalue weighted by molar-refractivity contribution is 6.09. The van der Waals surface area contributed by atoms with Gasteiger partial charge in [0.15, 0.2) is 5.69 Å². The molecular formula is C25H25N5O10. The van der Waals surface area contributed by atoms with E-state index in [0.717, 1.165) is 0 Å². The summed E-state index contributed by atoms with van der Waals surface area (Å²) in [5, 5.41) is 63.8. The summed E-state index contributed by atoms with van der Waals surface area (Å²) in [6.45, 7) is -0.962. The molecule has 1 aromatic heterocycles. The second kappa shape index (κ2) is 9.09. The summed E-state index contributed by atoms with van der Waals surface area (Å²) in [5.74, 6) is -13.7. The van der Waals surface area contributed by atoms with Gasteiger partial charge in [0.2, 0.25) is 5.79 Å². The lowest BCUT2D eigenvalue weighted by molar-refractivity contribution is -0.440. The second-order valence-corrected chi connectivity index (χ2v) is 9.43.